The third-order valence-electron chi connectivity index (χ3n) is 1.84. The molecular weight excluding hydrogens is 235 g/mol. The van der Waals surface area contributed by atoms with Gasteiger partial charge in [-0.2, -0.15) is 0 Å². The first kappa shape index (κ1) is 10.5. The van der Waals surface area contributed by atoms with Gasteiger partial charge in [0.05, 0.1) is 0 Å². The molecule has 4 heteroatoms. The molecule has 1 unspecified atom stereocenters. The van der Waals surface area contributed by atoms with E-state index in [0.717, 1.165) is 16.7 Å². The molecular formula is C9H12O3Se. The van der Waals surface area contributed by atoms with Crippen molar-refractivity contribution in [3.8, 4) is 0 Å². The summed E-state index contributed by atoms with van der Waals surface area (Å²) in [6.45, 7) is 5.70. The Kier molecular flexibility index (Phi) is 3.33. The summed E-state index contributed by atoms with van der Waals surface area (Å²) in [4.78, 5) is 0. The van der Waals surface area contributed by atoms with Gasteiger partial charge in [-0.05, 0) is 0 Å². The molecule has 0 radical (unpaired) electrons. The maximum atomic E-state index is 11.3. The zero-order valence-electron chi connectivity index (χ0n) is 7.83. The van der Waals surface area contributed by atoms with E-state index in [1.165, 1.54) is 0 Å². The molecule has 0 aliphatic heterocycles. The molecule has 1 atom stereocenters. The van der Waals surface area contributed by atoms with Gasteiger partial charge in [0.25, 0.3) is 0 Å². The van der Waals surface area contributed by atoms with Crippen molar-refractivity contribution >= 4 is 18.6 Å². The van der Waals surface area contributed by atoms with Crippen LogP contribution < -0.4 is 4.46 Å². The average molecular weight is 247 g/mol. The van der Waals surface area contributed by atoms with Crippen molar-refractivity contribution in [2.24, 2.45) is 0 Å². The van der Waals surface area contributed by atoms with Crippen LogP contribution >= 0.6 is 0 Å². The molecule has 0 aromatic heterocycles. The Balaban J connectivity index is 3.28. The third-order valence-corrected chi connectivity index (χ3v) is 4.17. The Bertz CT molecular complexity index is 324. The zero-order valence-corrected chi connectivity index (χ0v) is 9.54. The fraction of sp³-hybridized carbons (Fsp3) is 0.333. The van der Waals surface area contributed by atoms with Crippen LogP contribution in [0.3, 0.4) is 0 Å². The van der Waals surface area contributed by atoms with Crippen molar-refractivity contribution in [2.75, 3.05) is 0 Å². The molecule has 0 amide bonds. The Morgan fingerprint density at radius 2 is 1.69 bits per heavy atom. The first-order valence-corrected chi connectivity index (χ1v) is 6.13. The topological polar surface area (TPSA) is 46.5 Å². The Labute approximate surface area is 81.7 Å². The fourth-order valence-electron chi connectivity index (χ4n) is 1.47. The van der Waals surface area contributed by atoms with E-state index in [1.54, 1.807) is 0 Å². The van der Waals surface area contributed by atoms with E-state index in [-0.39, 0.29) is 0 Å². The van der Waals surface area contributed by atoms with Gasteiger partial charge in [-0.1, -0.05) is 0 Å². The van der Waals surface area contributed by atoms with Crippen molar-refractivity contribution in [3.63, 3.8) is 0 Å². The summed E-state index contributed by atoms with van der Waals surface area (Å²) in [6, 6.07) is 3.85. The predicted molar refractivity (Wildman–Crippen MR) is 50.4 cm³/mol. The number of rotatable bonds is 2. The van der Waals surface area contributed by atoms with E-state index in [4.69, 9.17) is 5.26 Å². The molecule has 0 fully saturated rings. The molecule has 0 bridgehead atoms. The summed E-state index contributed by atoms with van der Waals surface area (Å²) in [7, 11) is 0. The molecule has 0 spiro atoms. The molecule has 0 saturated carbocycles. The first-order chi connectivity index (χ1) is 6.06. The van der Waals surface area contributed by atoms with Gasteiger partial charge in [-0.15, -0.1) is 0 Å². The van der Waals surface area contributed by atoms with Crippen molar-refractivity contribution in [1.82, 2.24) is 0 Å². The summed E-state index contributed by atoms with van der Waals surface area (Å²) in [5, 5.41) is 8.35. The normalized spacial score (nSPS) is 12.9. The molecule has 0 saturated heterocycles. The molecule has 1 N–H and O–H groups in total. The summed E-state index contributed by atoms with van der Waals surface area (Å²) in [5.41, 5.74) is 2.94. The van der Waals surface area contributed by atoms with E-state index in [2.05, 4.69) is 3.97 Å². The van der Waals surface area contributed by atoms with Gasteiger partial charge in [-0.3, -0.25) is 0 Å². The van der Waals surface area contributed by atoms with Gasteiger partial charge in [0.2, 0.25) is 0 Å². The molecule has 1 aromatic rings. The molecule has 1 aromatic carbocycles. The van der Waals surface area contributed by atoms with Crippen LogP contribution in [0.25, 0.3) is 0 Å². The molecule has 0 aliphatic rings. The van der Waals surface area contributed by atoms with E-state index in [0.29, 0.717) is 4.46 Å². The molecule has 1 rings (SSSR count). The third kappa shape index (κ3) is 2.23. The van der Waals surface area contributed by atoms with Gasteiger partial charge in [-0.25, -0.2) is 0 Å². The number of benzene rings is 1. The SMILES string of the molecule is Cc1cc(C)c([Se](=O)OO)c(C)c1. The van der Waals surface area contributed by atoms with Crippen LogP contribution in [0.1, 0.15) is 16.7 Å². The van der Waals surface area contributed by atoms with E-state index in [9.17, 15) is 3.83 Å². The van der Waals surface area contributed by atoms with Crippen LogP contribution in [0.5, 0.6) is 0 Å². The summed E-state index contributed by atoms with van der Waals surface area (Å²) < 4.78 is 15.9. The monoisotopic (exact) mass is 248 g/mol. The van der Waals surface area contributed by atoms with Crippen LogP contribution in [0.15, 0.2) is 12.1 Å². The van der Waals surface area contributed by atoms with Gasteiger partial charge in [0, 0.05) is 0 Å². The predicted octanol–water partition coefficient (Wildman–Crippen LogP) is 1.23. The van der Waals surface area contributed by atoms with E-state index < -0.39 is 14.2 Å². The second-order valence-electron chi connectivity index (χ2n) is 3.04. The Hall–Kier alpha value is -0.541. The van der Waals surface area contributed by atoms with Crippen molar-refractivity contribution < 1.29 is 13.1 Å². The molecule has 3 nitrogen and oxygen atoms in total. The summed E-state index contributed by atoms with van der Waals surface area (Å²) in [5.74, 6) is 0. The van der Waals surface area contributed by atoms with Gasteiger partial charge < -0.3 is 0 Å². The van der Waals surface area contributed by atoms with Crippen LogP contribution in [0.2, 0.25) is 0 Å². The second-order valence-corrected chi connectivity index (χ2v) is 5.19. The van der Waals surface area contributed by atoms with Crippen molar-refractivity contribution in [1.29, 1.82) is 0 Å². The minimum atomic E-state index is -2.70. The van der Waals surface area contributed by atoms with Crippen molar-refractivity contribution in [3.05, 3.63) is 28.8 Å². The average Bonchev–Trinajstić information content (AvgIpc) is 2.02. The minimum absolute atomic E-state index is 0.646. The van der Waals surface area contributed by atoms with Crippen LogP contribution in [0.4, 0.5) is 0 Å². The number of hydrogen-bond acceptors (Lipinski definition) is 3. The van der Waals surface area contributed by atoms with Gasteiger partial charge in [0.15, 0.2) is 0 Å². The zero-order chi connectivity index (χ0) is 10.0. The van der Waals surface area contributed by atoms with Crippen LogP contribution in [-0.2, 0) is 7.80 Å². The Morgan fingerprint density at radius 3 is 2.08 bits per heavy atom. The summed E-state index contributed by atoms with van der Waals surface area (Å²) >= 11 is -2.70. The first-order valence-electron chi connectivity index (χ1n) is 3.87. The standard InChI is InChI=1S/C9H12O3Se/c1-6-4-7(2)9(8(3)5-6)13(11)12-10/h4-5,10H,1-3H3. The van der Waals surface area contributed by atoms with E-state index >= 15 is 0 Å². The molecule has 13 heavy (non-hydrogen) atoms. The van der Waals surface area contributed by atoms with Crippen LogP contribution in [-0.4, -0.2) is 19.4 Å². The summed E-state index contributed by atoms with van der Waals surface area (Å²) in [6.07, 6.45) is 0. The van der Waals surface area contributed by atoms with Crippen molar-refractivity contribution in [2.45, 2.75) is 20.8 Å². The molecule has 0 aliphatic carbocycles. The van der Waals surface area contributed by atoms with Gasteiger partial charge >= 0.3 is 81.3 Å². The molecule has 0 heterocycles. The fourth-order valence-corrected chi connectivity index (χ4v) is 2.97. The quantitative estimate of drug-likeness (QED) is 0.485. The maximum absolute atomic E-state index is 11.3. The number of hydrogen-bond donors (Lipinski definition) is 1. The van der Waals surface area contributed by atoms with Gasteiger partial charge in [0.1, 0.15) is 0 Å². The molecule has 72 valence electrons. The second kappa shape index (κ2) is 4.11. The number of aryl methyl sites for hydroxylation is 3. The van der Waals surface area contributed by atoms with Crippen LogP contribution in [0, 0.1) is 20.8 Å². The van der Waals surface area contributed by atoms with E-state index in [1.807, 2.05) is 32.9 Å². The Morgan fingerprint density at radius 1 is 1.23 bits per heavy atom.